The van der Waals surface area contributed by atoms with E-state index in [1.54, 1.807) is 0 Å². The lowest BCUT2D eigenvalue weighted by Crippen LogP contribution is -2.12. The molecule has 0 aliphatic carbocycles. The summed E-state index contributed by atoms with van der Waals surface area (Å²) < 4.78 is 0. The zero-order valence-electron chi connectivity index (χ0n) is 37.6. The van der Waals surface area contributed by atoms with Gasteiger partial charge in [-0.05, 0) is 116 Å². The number of phenolic OH excluding ortho intramolecular Hbond substituents is 5. The van der Waals surface area contributed by atoms with Crippen molar-refractivity contribution in [2.45, 2.75) is 180 Å². The summed E-state index contributed by atoms with van der Waals surface area (Å²) in [4.78, 5) is 5.74. The van der Waals surface area contributed by atoms with Crippen LogP contribution in [0.4, 0.5) is 0 Å². The first-order valence-electron chi connectivity index (χ1n) is 20.2. The van der Waals surface area contributed by atoms with Crippen LogP contribution in [0, 0.1) is 0 Å². The molecule has 60 heavy (non-hydrogen) atoms. The molecule has 0 saturated heterocycles. The highest BCUT2D eigenvalue weighted by Gasteiger charge is 2.29. The van der Waals surface area contributed by atoms with Crippen LogP contribution in [0.1, 0.15) is 132 Å². The lowest BCUT2D eigenvalue weighted by molar-refractivity contribution is 0.442. The van der Waals surface area contributed by atoms with Gasteiger partial charge in [0.15, 0.2) is 0 Å². The van der Waals surface area contributed by atoms with E-state index < -0.39 is 0 Å². The van der Waals surface area contributed by atoms with Crippen LogP contribution in [-0.2, 0) is 27.1 Å². The number of benzene rings is 5. The Morgan fingerprint density at radius 3 is 0.417 bits per heavy atom. The van der Waals surface area contributed by atoms with Gasteiger partial charge in [-0.15, -0.1) is 0 Å². The maximum absolute atomic E-state index is 12.2. The van der Waals surface area contributed by atoms with E-state index >= 15 is 0 Å². The fourth-order valence-electron chi connectivity index (χ4n) is 6.45. The highest BCUT2D eigenvalue weighted by molar-refractivity contribution is 8.01. The lowest BCUT2D eigenvalue weighted by Gasteiger charge is -2.26. The molecule has 1 aliphatic heterocycles. The van der Waals surface area contributed by atoms with Gasteiger partial charge in [-0.1, -0.05) is 163 Å². The second-order valence-corrected chi connectivity index (χ2v) is 26.3. The largest absolute Gasteiger partial charge is 0.506 e. The van der Waals surface area contributed by atoms with E-state index in [0.717, 1.165) is 27.8 Å². The van der Waals surface area contributed by atoms with Crippen molar-refractivity contribution in [1.82, 2.24) is 0 Å². The molecule has 5 aromatic carbocycles. The first-order valence-corrected chi connectivity index (χ1v) is 24.3. The van der Waals surface area contributed by atoms with Crippen LogP contribution >= 0.6 is 58.8 Å². The topological polar surface area (TPSA) is 101 Å². The van der Waals surface area contributed by atoms with Gasteiger partial charge in [0.05, 0.1) is 49.0 Å². The first-order chi connectivity index (χ1) is 27.4. The second-order valence-electron chi connectivity index (χ2n) is 20.9. The molecular weight excluding hydrogens is 841 g/mol. The molecule has 10 heteroatoms. The highest BCUT2D eigenvalue weighted by Crippen LogP contribution is 2.56. The van der Waals surface area contributed by atoms with Gasteiger partial charge in [0.1, 0.15) is 28.7 Å². The third-order valence-electron chi connectivity index (χ3n) is 10.6. The smallest absolute Gasteiger partial charge is 0.143 e. The standard InChI is InChI=1S/C50H60O5S5/c1-46(2,3)26-16-31-41(51)32(17-26)57-34-19-28(48(7,8)9)21-36(43(34)53)59-38-23-30(50(13,14)15)25-40(45(38)55)60-39-24-29(49(10,11)12)22-37(44(39)54)58-35-20-27(47(4,5)6)18-33(56-31)42(35)52/h16-25,51-55H,1-15H3. The van der Waals surface area contributed by atoms with Crippen molar-refractivity contribution in [3.05, 3.63) is 88.5 Å². The number of hydrogen-bond acceptors (Lipinski definition) is 10. The molecule has 0 spiro atoms. The minimum atomic E-state index is -0.294. The van der Waals surface area contributed by atoms with Gasteiger partial charge in [0.2, 0.25) is 0 Å². The van der Waals surface area contributed by atoms with Gasteiger partial charge in [-0.2, -0.15) is 0 Å². The summed E-state index contributed by atoms with van der Waals surface area (Å²) in [5.41, 5.74) is 3.46. The van der Waals surface area contributed by atoms with Crippen LogP contribution in [-0.4, -0.2) is 25.5 Å². The predicted molar refractivity (Wildman–Crippen MR) is 255 cm³/mol. The Morgan fingerprint density at radius 2 is 0.333 bits per heavy atom. The van der Waals surface area contributed by atoms with E-state index in [2.05, 4.69) is 104 Å². The number of hydrogen-bond donors (Lipinski definition) is 5. The normalized spacial score (nSPS) is 14.2. The molecule has 0 saturated carbocycles. The van der Waals surface area contributed by atoms with E-state index in [0.29, 0.717) is 49.0 Å². The Labute approximate surface area is 379 Å². The quantitative estimate of drug-likeness (QED) is 0.101. The molecule has 1 heterocycles. The van der Waals surface area contributed by atoms with Crippen molar-refractivity contribution in [2.75, 3.05) is 0 Å². The van der Waals surface area contributed by atoms with E-state index in [1.165, 1.54) is 58.8 Å². The van der Waals surface area contributed by atoms with Gasteiger partial charge in [-0.25, -0.2) is 0 Å². The van der Waals surface area contributed by atoms with Crippen molar-refractivity contribution >= 4 is 58.8 Å². The lowest BCUT2D eigenvalue weighted by atomic mass is 9.87. The molecule has 6 rings (SSSR count). The molecule has 5 nitrogen and oxygen atoms in total. The molecule has 0 radical (unpaired) electrons. The molecular formula is C50H60O5S5. The zero-order chi connectivity index (χ0) is 44.7. The van der Waals surface area contributed by atoms with Crippen molar-refractivity contribution in [1.29, 1.82) is 0 Å². The summed E-state index contributed by atoms with van der Waals surface area (Å²) in [5, 5.41) is 61.0. The first kappa shape index (κ1) is 46.4. The third-order valence-corrected chi connectivity index (χ3v) is 15.9. The molecule has 5 aromatic rings. The van der Waals surface area contributed by atoms with E-state index in [-0.39, 0.29) is 55.8 Å². The molecule has 0 amide bonds. The van der Waals surface area contributed by atoms with Crippen LogP contribution < -0.4 is 0 Å². The van der Waals surface area contributed by atoms with Crippen molar-refractivity contribution in [3.8, 4) is 28.7 Å². The molecule has 320 valence electrons. The number of phenols is 5. The molecule has 1 aliphatic rings. The van der Waals surface area contributed by atoms with Gasteiger partial charge in [0.25, 0.3) is 0 Å². The molecule has 10 bridgehead atoms. The third kappa shape index (κ3) is 9.88. The fraction of sp³-hybridized carbons (Fsp3) is 0.400. The maximum Gasteiger partial charge on any atom is 0.143 e. The summed E-state index contributed by atoms with van der Waals surface area (Å²) in [6.45, 7) is 31.9. The average Bonchev–Trinajstić information content (AvgIpc) is 3.09. The van der Waals surface area contributed by atoms with E-state index in [1.807, 2.05) is 60.7 Å². The number of fused-ring (bicyclic) bond motifs is 10. The highest BCUT2D eigenvalue weighted by atomic mass is 32.2. The minimum absolute atomic E-state index is 0.0503. The van der Waals surface area contributed by atoms with E-state index in [4.69, 9.17) is 0 Å². The second kappa shape index (κ2) is 16.2. The molecule has 0 atom stereocenters. The monoisotopic (exact) mass is 900 g/mol. The van der Waals surface area contributed by atoms with Gasteiger partial charge in [0, 0.05) is 0 Å². The van der Waals surface area contributed by atoms with Gasteiger partial charge >= 0.3 is 0 Å². The molecule has 5 N–H and O–H groups in total. The van der Waals surface area contributed by atoms with Gasteiger partial charge in [-0.3, -0.25) is 0 Å². The Kier molecular flexibility index (Phi) is 12.5. The van der Waals surface area contributed by atoms with Crippen LogP contribution in [0.25, 0.3) is 0 Å². The van der Waals surface area contributed by atoms with Crippen LogP contribution in [0.3, 0.4) is 0 Å². The minimum Gasteiger partial charge on any atom is -0.506 e. The summed E-state index contributed by atoms with van der Waals surface area (Å²) in [7, 11) is 0. The van der Waals surface area contributed by atoms with Crippen LogP contribution in [0.5, 0.6) is 28.7 Å². The Hall–Kier alpha value is -3.15. The fourth-order valence-corrected chi connectivity index (χ4v) is 11.9. The molecule has 0 aromatic heterocycles. The molecule has 0 unspecified atom stereocenters. The van der Waals surface area contributed by atoms with Crippen LogP contribution in [0.2, 0.25) is 0 Å². The van der Waals surface area contributed by atoms with Crippen molar-refractivity contribution in [3.63, 3.8) is 0 Å². The zero-order valence-corrected chi connectivity index (χ0v) is 41.6. The van der Waals surface area contributed by atoms with Crippen molar-refractivity contribution in [2.24, 2.45) is 0 Å². The summed E-state index contributed by atoms with van der Waals surface area (Å²) >= 11 is 6.54. The average molecular weight is 901 g/mol. The summed E-state index contributed by atoms with van der Waals surface area (Å²) in [6, 6.07) is 19.9. The Balaban J connectivity index is 1.74. The predicted octanol–water partition coefficient (Wildman–Crippen LogP) is 15.8. The van der Waals surface area contributed by atoms with Crippen molar-refractivity contribution < 1.29 is 25.5 Å². The summed E-state index contributed by atoms with van der Waals surface area (Å²) in [5.74, 6) is 0.251. The van der Waals surface area contributed by atoms with Gasteiger partial charge < -0.3 is 25.5 Å². The Bertz CT molecular complexity index is 1970. The SMILES string of the molecule is CC(C)(C)c1cc2c(O)c(c1)Sc1cc(C(C)(C)C)cc(c1O)Sc1cc(C(C)(C)C)cc(c1O)Sc1cc(C(C)(C)C)cc(c1O)Sc1cc(C(C)(C)C)cc(c1O)S2. The molecule has 0 fully saturated rings. The summed E-state index contributed by atoms with van der Waals surface area (Å²) in [6.07, 6.45) is 0. The van der Waals surface area contributed by atoms with Crippen LogP contribution in [0.15, 0.2) is 110 Å². The van der Waals surface area contributed by atoms with E-state index in [9.17, 15) is 25.5 Å². The maximum atomic E-state index is 12.2. The Morgan fingerprint density at radius 1 is 0.233 bits per heavy atom. The number of aromatic hydroxyl groups is 5. The number of rotatable bonds is 0.